The molecular formula is C23H28N2O3S. The normalized spacial score (nSPS) is 19.6. The van der Waals surface area contributed by atoms with Gasteiger partial charge in [0.25, 0.3) is 0 Å². The van der Waals surface area contributed by atoms with Crippen molar-refractivity contribution < 1.29 is 13.2 Å². The summed E-state index contributed by atoms with van der Waals surface area (Å²) in [4.78, 5) is 13.2. The predicted octanol–water partition coefficient (Wildman–Crippen LogP) is 3.66. The molecule has 1 amide bonds. The number of aryl methyl sites for hydroxylation is 1. The van der Waals surface area contributed by atoms with Crippen LogP contribution < -0.4 is 5.32 Å². The Morgan fingerprint density at radius 2 is 1.59 bits per heavy atom. The molecule has 0 bridgehead atoms. The van der Waals surface area contributed by atoms with Crippen LogP contribution in [0.4, 0.5) is 0 Å². The molecule has 5 nitrogen and oxygen atoms in total. The number of benzene rings is 2. The van der Waals surface area contributed by atoms with Crippen LogP contribution in [0, 0.1) is 18.8 Å². The lowest BCUT2D eigenvalue weighted by molar-refractivity contribution is -0.127. The van der Waals surface area contributed by atoms with Gasteiger partial charge in [0.05, 0.1) is 10.9 Å². The van der Waals surface area contributed by atoms with Gasteiger partial charge in [-0.05, 0) is 56.2 Å². The molecule has 1 saturated carbocycles. The Morgan fingerprint density at radius 3 is 2.17 bits per heavy atom. The van der Waals surface area contributed by atoms with Gasteiger partial charge < -0.3 is 5.32 Å². The van der Waals surface area contributed by atoms with Gasteiger partial charge in [0.1, 0.15) is 0 Å². The third kappa shape index (κ3) is 4.54. The van der Waals surface area contributed by atoms with E-state index in [-0.39, 0.29) is 17.9 Å². The van der Waals surface area contributed by atoms with Crippen molar-refractivity contribution in [1.82, 2.24) is 9.62 Å². The van der Waals surface area contributed by atoms with Gasteiger partial charge in [0.2, 0.25) is 15.9 Å². The molecule has 154 valence electrons. The highest BCUT2D eigenvalue weighted by molar-refractivity contribution is 7.89. The van der Waals surface area contributed by atoms with E-state index in [0.29, 0.717) is 36.7 Å². The summed E-state index contributed by atoms with van der Waals surface area (Å²) in [6.45, 7) is 2.70. The molecule has 29 heavy (non-hydrogen) atoms. The standard InChI is InChI=1S/C23H28N2O3S/c1-17-7-11-21(12-8-17)29(27,28)25-15-13-20(14-16-25)23(26)24-22(19-9-10-19)18-5-3-2-4-6-18/h2-8,11-12,19-20,22H,9-10,13-16H2,1H3,(H,24,26)/t22-/m0/s1. The Bertz CT molecular complexity index is 945. The van der Waals surface area contributed by atoms with Crippen LogP contribution in [-0.4, -0.2) is 31.7 Å². The zero-order chi connectivity index (χ0) is 20.4. The van der Waals surface area contributed by atoms with Crippen LogP contribution in [0.15, 0.2) is 59.5 Å². The third-order valence-corrected chi connectivity index (χ3v) is 7.95. The number of piperidine rings is 1. The maximum atomic E-state index is 12.9. The Morgan fingerprint density at radius 1 is 0.966 bits per heavy atom. The molecule has 2 aromatic carbocycles. The second-order valence-electron chi connectivity index (χ2n) is 8.23. The van der Waals surface area contributed by atoms with Crippen molar-refractivity contribution in [3.05, 3.63) is 65.7 Å². The lowest BCUT2D eigenvalue weighted by atomic mass is 9.95. The van der Waals surface area contributed by atoms with Gasteiger partial charge in [-0.3, -0.25) is 4.79 Å². The van der Waals surface area contributed by atoms with Crippen molar-refractivity contribution in [3.8, 4) is 0 Å². The molecule has 2 fully saturated rings. The first kappa shape index (κ1) is 20.1. The molecular weight excluding hydrogens is 384 g/mol. The van der Waals surface area contributed by atoms with Gasteiger partial charge in [-0.2, -0.15) is 4.31 Å². The van der Waals surface area contributed by atoms with E-state index in [1.807, 2.05) is 37.3 Å². The quantitative estimate of drug-likeness (QED) is 0.787. The summed E-state index contributed by atoms with van der Waals surface area (Å²) in [6.07, 6.45) is 3.41. The number of rotatable bonds is 6. The van der Waals surface area contributed by atoms with Gasteiger partial charge in [-0.1, -0.05) is 48.0 Å². The van der Waals surface area contributed by atoms with E-state index in [9.17, 15) is 13.2 Å². The summed E-state index contributed by atoms with van der Waals surface area (Å²) in [5.41, 5.74) is 2.19. The Hall–Kier alpha value is -2.18. The van der Waals surface area contributed by atoms with E-state index in [4.69, 9.17) is 0 Å². The van der Waals surface area contributed by atoms with Gasteiger partial charge in [0.15, 0.2) is 0 Å². The van der Waals surface area contributed by atoms with E-state index < -0.39 is 10.0 Å². The molecule has 1 aliphatic carbocycles. The molecule has 1 saturated heterocycles. The summed E-state index contributed by atoms with van der Waals surface area (Å²) in [6, 6.07) is 17.1. The Labute approximate surface area is 173 Å². The lowest BCUT2D eigenvalue weighted by Crippen LogP contribution is -2.43. The fourth-order valence-corrected chi connectivity index (χ4v) is 5.52. The molecule has 1 N–H and O–H groups in total. The van der Waals surface area contributed by atoms with Crippen LogP contribution >= 0.6 is 0 Å². The third-order valence-electron chi connectivity index (χ3n) is 6.03. The van der Waals surface area contributed by atoms with Gasteiger partial charge in [0, 0.05) is 19.0 Å². The molecule has 2 aromatic rings. The SMILES string of the molecule is Cc1ccc(S(=O)(=O)N2CCC(C(=O)N[C@@H](c3ccccc3)C3CC3)CC2)cc1. The molecule has 0 aromatic heterocycles. The summed E-state index contributed by atoms with van der Waals surface area (Å²) < 4.78 is 27.2. The fourth-order valence-electron chi connectivity index (χ4n) is 4.05. The number of nitrogens with zero attached hydrogens (tertiary/aromatic N) is 1. The van der Waals surface area contributed by atoms with Crippen LogP contribution in [0.5, 0.6) is 0 Å². The van der Waals surface area contributed by atoms with E-state index in [2.05, 4.69) is 17.4 Å². The van der Waals surface area contributed by atoms with E-state index in [1.165, 1.54) is 4.31 Å². The summed E-state index contributed by atoms with van der Waals surface area (Å²) >= 11 is 0. The van der Waals surface area contributed by atoms with Crippen LogP contribution in [0.3, 0.4) is 0 Å². The zero-order valence-corrected chi connectivity index (χ0v) is 17.6. The number of sulfonamides is 1. The molecule has 6 heteroatoms. The first-order valence-corrected chi connectivity index (χ1v) is 11.8. The number of amides is 1. The Kier molecular flexibility index (Phi) is 5.74. The highest BCUT2D eigenvalue weighted by atomic mass is 32.2. The molecule has 0 radical (unpaired) electrons. The second kappa shape index (κ2) is 8.28. The van der Waals surface area contributed by atoms with Crippen LogP contribution in [0.25, 0.3) is 0 Å². The van der Waals surface area contributed by atoms with Crippen LogP contribution in [0.2, 0.25) is 0 Å². The van der Waals surface area contributed by atoms with Crippen molar-refractivity contribution in [2.45, 2.75) is 43.5 Å². The maximum Gasteiger partial charge on any atom is 0.243 e. The zero-order valence-electron chi connectivity index (χ0n) is 16.8. The molecule has 2 aliphatic rings. The molecule has 4 rings (SSSR count). The number of nitrogens with one attached hydrogen (secondary N) is 1. The molecule has 1 atom stereocenters. The average Bonchev–Trinajstić information content (AvgIpc) is 3.58. The van der Waals surface area contributed by atoms with Gasteiger partial charge >= 0.3 is 0 Å². The lowest BCUT2D eigenvalue weighted by Gasteiger charge is -2.31. The van der Waals surface area contributed by atoms with Crippen molar-refractivity contribution in [2.75, 3.05) is 13.1 Å². The average molecular weight is 413 g/mol. The summed E-state index contributed by atoms with van der Waals surface area (Å²) in [5.74, 6) is 0.436. The maximum absolute atomic E-state index is 12.9. The minimum absolute atomic E-state index is 0.0538. The smallest absolute Gasteiger partial charge is 0.243 e. The topological polar surface area (TPSA) is 66.5 Å². The van der Waals surface area contributed by atoms with Crippen LogP contribution in [0.1, 0.15) is 42.9 Å². The molecule has 1 heterocycles. The van der Waals surface area contributed by atoms with Crippen molar-refractivity contribution in [2.24, 2.45) is 11.8 Å². The second-order valence-corrected chi connectivity index (χ2v) is 10.2. The number of carbonyl (C=O) groups excluding carboxylic acids is 1. The molecule has 0 unspecified atom stereocenters. The van der Waals surface area contributed by atoms with E-state index in [1.54, 1.807) is 12.1 Å². The first-order chi connectivity index (χ1) is 13.9. The van der Waals surface area contributed by atoms with Crippen molar-refractivity contribution >= 4 is 15.9 Å². The van der Waals surface area contributed by atoms with Crippen LogP contribution in [-0.2, 0) is 14.8 Å². The molecule has 0 spiro atoms. The summed E-state index contributed by atoms with van der Waals surface area (Å²) in [5, 5.41) is 3.25. The van der Waals surface area contributed by atoms with E-state index >= 15 is 0 Å². The fraction of sp³-hybridized carbons (Fsp3) is 0.435. The predicted molar refractivity (Wildman–Crippen MR) is 113 cm³/mol. The number of hydrogen-bond donors (Lipinski definition) is 1. The first-order valence-electron chi connectivity index (χ1n) is 10.4. The van der Waals surface area contributed by atoms with Gasteiger partial charge in [-0.15, -0.1) is 0 Å². The minimum Gasteiger partial charge on any atom is -0.349 e. The highest BCUT2D eigenvalue weighted by Gasteiger charge is 2.36. The number of carbonyl (C=O) groups is 1. The minimum atomic E-state index is -3.50. The highest BCUT2D eigenvalue weighted by Crippen LogP contribution is 2.41. The summed E-state index contributed by atoms with van der Waals surface area (Å²) in [7, 11) is -3.50. The monoisotopic (exact) mass is 412 g/mol. The van der Waals surface area contributed by atoms with Crippen molar-refractivity contribution in [1.29, 1.82) is 0 Å². The largest absolute Gasteiger partial charge is 0.349 e. The van der Waals surface area contributed by atoms with Crippen molar-refractivity contribution in [3.63, 3.8) is 0 Å². The Balaban J connectivity index is 1.37. The molecule has 1 aliphatic heterocycles. The number of hydrogen-bond acceptors (Lipinski definition) is 3. The van der Waals surface area contributed by atoms with E-state index in [0.717, 1.165) is 24.0 Å². The van der Waals surface area contributed by atoms with Gasteiger partial charge in [-0.25, -0.2) is 8.42 Å².